The molecule has 0 unspecified atom stereocenters. The van der Waals surface area contributed by atoms with Crippen LogP contribution < -0.4 is 0 Å². The van der Waals surface area contributed by atoms with E-state index in [1.807, 2.05) is 30.3 Å². The average molecular weight is 244 g/mol. The molecule has 0 spiro atoms. The van der Waals surface area contributed by atoms with Gasteiger partial charge in [0.1, 0.15) is 16.2 Å². The Labute approximate surface area is 101 Å². The lowest BCUT2D eigenvalue weighted by molar-refractivity contribution is 0.0702. The molecular weight excluding hydrogens is 236 g/mol. The molecule has 0 amide bonds. The third kappa shape index (κ3) is 1.72. The fourth-order valence-electron chi connectivity index (χ4n) is 1.69. The molecule has 0 saturated heterocycles. The first-order valence-corrected chi connectivity index (χ1v) is 5.88. The molecule has 0 radical (unpaired) electrons. The van der Waals surface area contributed by atoms with Crippen molar-refractivity contribution in [1.29, 1.82) is 0 Å². The molecule has 2 heterocycles. The van der Waals surface area contributed by atoms with Gasteiger partial charge in [-0.05, 0) is 24.3 Å². The van der Waals surface area contributed by atoms with Gasteiger partial charge in [0, 0.05) is 5.39 Å². The van der Waals surface area contributed by atoms with E-state index in [9.17, 15) is 4.79 Å². The van der Waals surface area contributed by atoms with E-state index in [0.717, 1.165) is 15.8 Å². The predicted molar refractivity (Wildman–Crippen MR) is 66.5 cm³/mol. The van der Waals surface area contributed by atoms with Crippen LogP contribution in [0.1, 0.15) is 9.67 Å². The molecule has 17 heavy (non-hydrogen) atoms. The molecule has 0 saturated carbocycles. The molecule has 1 N–H and O–H groups in total. The van der Waals surface area contributed by atoms with Gasteiger partial charge in [0.05, 0.1) is 4.88 Å². The van der Waals surface area contributed by atoms with Gasteiger partial charge in [-0.2, -0.15) is 0 Å². The second kappa shape index (κ2) is 3.75. The smallest absolute Gasteiger partial charge is 0.345 e. The van der Waals surface area contributed by atoms with E-state index in [0.29, 0.717) is 10.6 Å². The first-order chi connectivity index (χ1) is 8.24. The van der Waals surface area contributed by atoms with Crippen LogP contribution in [-0.2, 0) is 0 Å². The minimum atomic E-state index is -0.905. The molecular formula is C13H8O3S. The Bertz CT molecular complexity index is 660. The average Bonchev–Trinajstić information content (AvgIpc) is 2.95. The van der Waals surface area contributed by atoms with Gasteiger partial charge in [0.25, 0.3) is 0 Å². The maximum absolute atomic E-state index is 10.8. The summed E-state index contributed by atoms with van der Waals surface area (Å²) in [6.45, 7) is 0. The predicted octanol–water partition coefficient (Wildman–Crippen LogP) is 3.86. The SMILES string of the molecule is O=C(O)c1ccc(-c2cc3ccccc3o2)s1. The number of fused-ring (bicyclic) bond motifs is 1. The number of carboxylic acids is 1. The van der Waals surface area contributed by atoms with E-state index < -0.39 is 5.97 Å². The van der Waals surface area contributed by atoms with Crippen molar-refractivity contribution in [2.45, 2.75) is 0 Å². The van der Waals surface area contributed by atoms with Gasteiger partial charge in [-0.3, -0.25) is 0 Å². The normalized spacial score (nSPS) is 10.8. The van der Waals surface area contributed by atoms with Crippen LogP contribution in [0.3, 0.4) is 0 Å². The van der Waals surface area contributed by atoms with Gasteiger partial charge < -0.3 is 9.52 Å². The number of hydrogen-bond acceptors (Lipinski definition) is 3. The number of aromatic carboxylic acids is 1. The highest BCUT2D eigenvalue weighted by atomic mass is 32.1. The van der Waals surface area contributed by atoms with Crippen LogP contribution in [0.5, 0.6) is 0 Å². The second-order valence-electron chi connectivity index (χ2n) is 3.62. The van der Waals surface area contributed by atoms with Crippen LogP contribution in [0.4, 0.5) is 0 Å². The molecule has 1 aromatic carbocycles. The molecule has 3 aromatic rings. The summed E-state index contributed by atoms with van der Waals surface area (Å²) >= 11 is 1.22. The maximum atomic E-state index is 10.8. The van der Waals surface area contributed by atoms with E-state index in [2.05, 4.69) is 0 Å². The number of para-hydroxylation sites is 1. The maximum Gasteiger partial charge on any atom is 0.345 e. The summed E-state index contributed by atoms with van der Waals surface area (Å²) in [5.41, 5.74) is 0.813. The number of furan rings is 1. The summed E-state index contributed by atoms with van der Waals surface area (Å²) < 4.78 is 5.66. The van der Waals surface area contributed by atoms with E-state index in [-0.39, 0.29) is 0 Å². The third-order valence-corrected chi connectivity index (χ3v) is 3.57. The van der Waals surface area contributed by atoms with Crippen molar-refractivity contribution < 1.29 is 14.3 Å². The molecule has 3 nitrogen and oxygen atoms in total. The first-order valence-electron chi connectivity index (χ1n) is 5.06. The fraction of sp³-hybridized carbons (Fsp3) is 0. The van der Waals surface area contributed by atoms with Crippen molar-refractivity contribution in [3.8, 4) is 10.6 Å². The van der Waals surface area contributed by atoms with Gasteiger partial charge in [-0.1, -0.05) is 18.2 Å². The minimum absolute atomic E-state index is 0.320. The van der Waals surface area contributed by atoms with Crippen LogP contribution in [-0.4, -0.2) is 11.1 Å². The van der Waals surface area contributed by atoms with E-state index in [4.69, 9.17) is 9.52 Å². The number of thiophene rings is 1. The van der Waals surface area contributed by atoms with Gasteiger partial charge in [0.15, 0.2) is 0 Å². The topological polar surface area (TPSA) is 50.4 Å². The standard InChI is InChI=1S/C13H8O3S/c14-13(15)12-6-5-11(17-12)10-7-8-3-1-2-4-9(8)16-10/h1-7H,(H,14,15). The lowest BCUT2D eigenvalue weighted by atomic mass is 10.2. The van der Waals surface area contributed by atoms with Crippen molar-refractivity contribution in [2.75, 3.05) is 0 Å². The molecule has 0 aliphatic rings. The summed E-state index contributed by atoms with van der Waals surface area (Å²) in [5.74, 6) is -0.193. The minimum Gasteiger partial charge on any atom is -0.477 e. The zero-order valence-electron chi connectivity index (χ0n) is 8.71. The zero-order valence-corrected chi connectivity index (χ0v) is 9.53. The van der Waals surface area contributed by atoms with Crippen molar-refractivity contribution in [2.24, 2.45) is 0 Å². The molecule has 0 aliphatic carbocycles. The quantitative estimate of drug-likeness (QED) is 0.744. The first kappa shape index (κ1) is 10.1. The number of carbonyl (C=O) groups is 1. The van der Waals surface area contributed by atoms with E-state index in [1.54, 1.807) is 12.1 Å². The summed E-state index contributed by atoms with van der Waals surface area (Å²) in [7, 11) is 0. The van der Waals surface area contributed by atoms with Crippen molar-refractivity contribution >= 4 is 28.3 Å². The second-order valence-corrected chi connectivity index (χ2v) is 4.70. The van der Waals surface area contributed by atoms with E-state index in [1.165, 1.54) is 11.3 Å². The summed E-state index contributed by atoms with van der Waals surface area (Å²) in [4.78, 5) is 11.9. The van der Waals surface area contributed by atoms with Gasteiger partial charge in [-0.25, -0.2) is 4.79 Å². The van der Waals surface area contributed by atoms with Crippen LogP contribution in [0.25, 0.3) is 21.6 Å². The van der Waals surface area contributed by atoms with Crippen molar-refractivity contribution in [3.05, 3.63) is 47.3 Å². The highest BCUT2D eigenvalue weighted by Crippen LogP contribution is 2.32. The van der Waals surface area contributed by atoms with Crippen LogP contribution in [0, 0.1) is 0 Å². The molecule has 0 atom stereocenters. The summed E-state index contributed by atoms with van der Waals surface area (Å²) in [6.07, 6.45) is 0. The molecule has 2 aromatic heterocycles. The molecule has 0 aliphatic heterocycles. The van der Waals surface area contributed by atoms with Crippen molar-refractivity contribution in [3.63, 3.8) is 0 Å². The third-order valence-electron chi connectivity index (χ3n) is 2.49. The Kier molecular flexibility index (Phi) is 2.23. The Balaban J connectivity index is 2.10. The van der Waals surface area contributed by atoms with Gasteiger partial charge in [0.2, 0.25) is 0 Å². The number of carboxylic acid groups (broad SMARTS) is 1. The molecule has 84 valence electrons. The van der Waals surface area contributed by atoms with Crippen LogP contribution in [0.2, 0.25) is 0 Å². The molecule has 0 fully saturated rings. The largest absolute Gasteiger partial charge is 0.477 e. The number of rotatable bonds is 2. The van der Waals surface area contributed by atoms with Gasteiger partial charge in [-0.15, -0.1) is 11.3 Å². The molecule has 0 bridgehead atoms. The lowest BCUT2D eigenvalue weighted by Gasteiger charge is -1.88. The Hall–Kier alpha value is -2.07. The lowest BCUT2D eigenvalue weighted by Crippen LogP contribution is -1.89. The molecule has 3 rings (SSSR count). The van der Waals surface area contributed by atoms with Crippen LogP contribution in [0.15, 0.2) is 46.9 Å². The highest BCUT2D eigenvalue weighted by molar-refractivity contribution is 7.17. The highest BCUT2D eigenvalue weighted by Gasteiger charge is 2.11. The van der Waals surface area contributed by atoms with E-state index >= 15 is 0 Å². The zero-order chi connectivity index (χ0) is 11.8. The summed E-state index contributed by atoms with van der Waals surface area (Å²) in [6, 6.07) is 13.0. The fourth-order valence-corrected chi connectivity index (χ4v) is 2.49. The Morgan fingerprint density at radius 2 is 2.00 bits per heavy atom. The number of benzene rings is 1. The summed E-state index contributed by atoms with van der Waals surface area (Å²) in [5, 5.41) is 9.89. The van der Waals surface area contributed by atoms with Gasteiger partial charge >= 0.3 is 5.97 Å². The Morgan fingerprint density at radius 1 is 1.18 bits per heavy atom. The number of hydrogen-bond donors (Lipinski definition) is 1. The van der Waals surface area contributed by atoms with Crippen LogP contribution >= 0.6 is 11.3 Å². The Morgan fingerprint density at radius 3 is 2.71 bits per heavy atom. The molecule has 4 heteroatoms. The monoisotopic (exact) mass is 244 g/mol. The van der Waals surface area contributed by atoms with Crippen molar-refractivity contribution in [1.82, 2.24) is 0 Å².